The van der Waals surface area contributed by atoms with E-state index < -0.39 is 4.92 Å². The average molecular weight is 338 g/mol. The van der Waals surface area contributed by atoms with Crippen LogP contribution >= 0.6 is 0 Å². The van der Waals surface area contributed by atoms with Crippen LogP contribution in [0.3, 0.4) is 0 Å². The Balaban J connectivity index is 1.71. The molecule has 0 fully saturated rings. The van der Waals surface area contributed by atoms with Gasteiger partial charge in [-0.2, -0.15) is 0 Å². The van der Waals surface area contributed by atoms with Crippen LogP contribution in [0.4, 0.5) is 5.69 Å². The monoisotopic (exact) mass is 338 g/mol. The fourth-order valence-electron chi connectivity index (χ4n) is 2.65. The highest BCUT2D eigenvalue weighted by Crippen LogP contribution is 2.27. The van der Waals surface area contributed by atoms with E-state index in [-0.39, 0.29) is 24.1 Å². The second-order valence-electron chi connectivity index (χ2n) is 5.97. The van der Waals surface area contributed by atoms with Crippen molar-refractivity contribution in [3.05, 3.63) is 76.0 Å². The van der Waals surface area contributed by atoms with Gasteiger partial charge in [0, 0.05) is 24.6 Å². The predicted molar refractivity (Wildman–Crippen MR) is 94.2 cm³/mol. The Labute approximate surface area is 144 Å². The maximum atomic E-state index is 12.5. The van der Waals surface area contributed by atoms with Gasteiger partial charge in [-0.25, -0.2) is 0 Å². The smallest absolute Gasteiger partial charge is 0.269 e. The third kappa shape index (κ3) is 3.52. The van der Waals surface area contributed by atoms with Gasteiger partial charge in [0.05, 0.1) is 17.4 Å². The molecule has 0 aliphatic heterocycles. The van der Waals surface area contributed by atoms with Crippen molar-refractivity contribution in [1.29, 1.82) is 0 Å². The molecule has 3 aromatic rings. The molecule has 1 unspecified atom stereocenters. The predicted octanol–water partition coefficient (Wildman–Crippen LogP) is 4.10. The Hall–Kier alpha value is -3.15. The first-order chi connectivity index (χ1) is 12.0. The van der Waals surface area contributed by atoms with Crippen LogP contribution in [0.1, 0.15) is 24.3 Å². The number of fused-ring (bicyclic) bond motifs is 1. The van der Waals surface area contributed by atoms with E-state index in [2.05, 4.69) is 0 Å². The van der Waals surface area contributed by atoms with Gasteiger partial charge >= 0.3 is 0 Å². The molecule has 0 aliphatic rings. The van der Waals surface area contributed by atoms with E-state index in [9.17, 15) is 14.9 Å². The minimum absolute atomic E-state index is 0.0141. The third-order valence-corrected chi connectivity index (χ3v) is 4.33. The van der Waals surface area contributed by atoms with E-state index >= 15 is 0 Å². The van der Waals surface area contributed by atoms with Crippen LogP contribution in [0.2, 0.25) is 0 Å². The fraction of sp³-hybridized carbons (Fsp3) is 0.211. The molecule has 6 nitrogen and oxygen atoms in total. The minimum atomic E-state index is -0.457. The highest BCUT2D eigenvalue weighted by molar-refractivity contribution is 5.80. The summed E-state index contributed by atoms with van der Waals surface area (Å²) < 4.78 is 5.82. The summed E-state index contributed by atoms with van der Waals surface area (Å²) in [5, 5.41) is 11.7. The van der Waals surface area contributed by atoms with E-state index in [1.807, 2.05) is 37.3 Å². The normalized spacial score (nSPS) is 12.1. The van der Waals surface area contributed by atoms with E-state index in [1.165, 1.54) is 12.1 Å². The number of hydrogen-bond donors (Lipinski definition) is 0. The first-order valence-corrected chi connectivity index (χ1v) is 7.93. The van der Waals surface area contributed by atoms with Crippen molar-refractivity contribution in [3.63, 3.8) is 0 Å². The number of carbonyl (C=O) groups is 1. The second-order valence-corrected chi connectivity index (χ2v) is 5.97. The lowest BCUT2D eigenvalue weighted by Crippen LogP contribution is -2.30. The number of furan rings is 1. The molecule has 0 spiro atoms. The Morgan fingerprint density at radius 3 is 2.52 bits per heavy atom. The summed E-state index contributed by atoms with van der Waals surface area (Å²) in [5.74, 6) is 0.641. The maximum Gasteiger partial charge on any atom is 0.269 e. The number of nitro benzene ring substituents is 1. The van der Waals surface area contributed by atoms with Gasteiger partial charge in [0.2, 0.25) is 5.91 Å². The van der Waals surface area contributed by atoms with Crippen LogP contribution in [0.5, 0.6) is 0 Å². The Kier molecular flexibility index (Phi) is 4.52. The molecule has 6 heteroatoms. The molecule has 1 amide bonds. The number of nitrogens with zero attached hydrogens (tertiary/aromatic N) is 2. The number of rotatable bonds is 5. The van der Waals surface area contributed by atoms with Crippen molar-refractivity contribution in [3.8, 4) is 0 Å². The maximum absolute atomic E-state index is 12.5. The van der Waals surface area contributed by atoms with E-state index in [0.717, 1.165) is 22.3 Å². The highest BCUT2D eigenvalue weighted by Gasteiger charge is 2.21. The Bertz CT molecular complexity index is 882. The van der Waals surface area contributed by atoms with Crippen molar-refractivity contribution in [1.82, 2.24) is 4.90 Å². The van der Waals surface area contributed by atoms with Crippen molar-refractivity contribution in [2.24, 2.45) is 0 Å². The zero-order valence-corrected chi connectivity index (χ0v) is 14.0. The molecule has 3 rings (SSSR count). The molecule has 1 aromatic heterocycles. The van der Waals surface area contributed by atoms with Gasteiger partial charge in [0.25, 0.3) is 5.69 Å². The largest absolute Gasteiger partial charge is 0.459 e. The second kappa shape index (κ2) is 6.76. The molecule has 0 saturated heterocycles. The summed E-state index contributed by atoms with van der Waals surface area (Å²) in [5.41, 5.74) is 1.54. The van der Waals surface area contributed by atoms with Gasteiger partial charge in [0.1, 0.15) is 11.3 Å². The summed E-state index contributed by atoms with van der Waals surface area (Å²) in [7, 11) is 1.73. The quantitative estimate of drug-likeness (QED) is 0.518. The Morgan fingerprint density at radius 2 is 1.88 bits per heavy atom. The van der Waals surface area contributed by atoms with Gasteiger partial charge in [-0.3, -0.25) is 14.9 Å². The minimum Gasteiger partial charge on any atom is -0.459 e. The van der Waals surface area contributed by atoms with Crippen LogP contribution in [0, 0.1) is 10.1 Å². The van der Waals surface area contributed by atoms with Gasteiger partial charge in [-0.05, 0) is 24.6 Å². The van der Waals surface area contributed by atoms with Gasteiger partial charge in [-0.15, -0.1) is 0 Å². The number of para-hydroxylation sites is 1. The van der Waals surface area contributed by atoms with Crippen molar-refractivity contribution in [2.75, 3.05) is 7.05 Å². The third-order valence-electron chi connectivity index (χ3n) is 4.33. The molecule has 1 heterocycles. The lowest BCUT2D eigenvalue weighted by Gasteiger charge is -2.23. The number of carbonyl (C=O) groups excluding carboxylic acids is 1. The number of hydrogen-bond acceptors (Lipinski definition) is 4. The van der Waals surface area contributed by atoms with E-state index in [1.54, 1.807) is 24.1 Å². The average Bonchev–Trinajstić information content (AvgIpc) is 3.05. The molecular formula is C19H18N2O4. The van der Waals surface area contributed by atoms with E-state index in [0.29, 0.717) is 0 Å². The molecule has 1 atom stereocenters. The van der Waals surface area contributed by atoms with Crippen LogP contribution in [-0.4, -0.2) is 22.8 Å². The van der Waals surface area contributed by atoms with Crippen LogP contribution in [-0.2, 0) is 11.2 Å². The topological polar surface area (TPSA) is 76.6 Å². The highest BCUT2D eigenvalue weighted by atomic mass is 16.6. The molecule has 0 bridgehead atoms. The number of non-ortho nitro benzene ring substituents is 1. The van der Waals surface area contributed by atoms with Gasteiger partial charge in [-0.1, -0.05) is 30.3 Å². The summed E-state index contributed by atoms with van der Waals surface area (Å²) in [4.78, 5) is 24.4. The van der Waals surface area contributed by atoms with Crippen molar-refractivity contribution < 1.29 is 14.1 Å². The fourth-order valence-corrected chi connectivity index (χ4v) is 2.65. The van der Waals surface area contributed by atoms with Gasteiger partial charge < -0.3 is 9.32 Å². The summed E-state index contributed by atoms with van der Waals surface area (Å²) in [6.45, 7) is 1.91. The standard InChI is InChI=1S/C19H18N2O4/c1-13(18-12-15-5-3-4-6-17(15)25-18)20(2)19(22)11-14-7-9-16(10-8-14)21(23)24/h3-10,12-13H,11H2,1-2H3. The summed E-state index contributed by atoms with van der Waals surface area (Å²) >= 11 is 0. The Morgan fingerprint density at radius 1 is 1.20 bits per heavy atom. The van der Waals surface area contributed by atoms with Crippen LogP contribution < -0.4 is 0 Å². The number of amides is 1. The molecule has 2 aromatic carbocycles. The number of benzene rings is 2. The molecular weight excluding hydrogens is 320 g/mol. The van der Waals surface area contributed by atoms with Crippen LogP contribution in [0.25, 0.3) is 11.0 Å². The molecule has 25 heavy (non-hydrogen) atoms. The SMILES string of the molecule is CC(c1cc2ccccc2o1)N(C)C(=O)Cc1ccc([N+](=O)[O-])cc1. The molecule has 128 valence electrons. The van der Waals surface area contributed by atoms with Crippen LogP contribution in [0.15, 0.2) is 59.0 Å². The number of nitro groups is 1. The van der Waals surface area contributed by atoms with E-state index in [4.69, 9.17) is 4.42 Å². The summed E-state index contributed by atoms with van der Waals surface area (Å²) in [6, 6.07) is 15.5. The molecule has 0 saturated carbocycles. The van der Waals surface area contributed by atoms with Crippen molar-refractivity contribution in [2.45, 2.75) is 19.4 Å². The zero-order chi connectivity index (χ0) is 18.0. The lowest BCUT2D eigenvalue weighted by molar-refractivity contribution is -0.384. The lowest BCUT2D eigenvalue weighted by atomic mass is 10.1. The molecule has 0 aliphatic carbocycles. The van der Waals surface area contributed by atoms with Gasteiger partial charge in [0.15, 0.2) is 0 Å². The summed E-state index contributed by atoms with van der Waals surface area (Å²) in [6.07, 6.45) is 0.180. The first kappa shape index (κ1) is 16.7. The molecule has 0 N–H and O–H groups in total. The zero-order valence-electron chi connectivity index (χ0n) is 14.0. The van der Waals surface area contributed by atoms with Crippen molar-refractivity contribution >= 4 is 22.6 Å². The number of likely N-dealkylation sites (N-methyl/N-ethyl adjacent to an activating group) is 1. The molecule has 0 radical (unpaired) electrons. The first-order valence-electron chi connectivity index (χ1n) is 7.93.